The molecule has 0 unspecified atom stereocenters. The van der Waals surface area contributed by atoms with E-state index in [0.29, 0.717) is 28.2 Å². The zero-order chi connectivity index (χ0) is 19.1. The summed E-state index contributed by atoms with van der Waals surface area (Å²) >= 11 is 12.1. The zero-order valence-electron chi connectivity index (χ0n) is 15.2. The Morgan fingerprint density at radius 3 is 2.52 bits per heavy atom. The number of rotatable bonds is 5. The molecule has 1 saturated heterocycles. The number of hydrogen-bond donors (Lipinski definition) is 0. The maximum Gasteiger partial charge on any atom is 0.345 e. The first-order valence-corrected chi connectivity index (χ1v) is 10.1. The number of Topliss-reactive ketones (excluding diaryl/α,β-unsaturated/α-hetero) is 1. The second-order valence-electron chi connectivity index (χ2n) is 7.46. The van der Waals surface area contributed by atoms with Gasteiger partial charge in [-0.3, -0.25) is 14.3 Å². The number of nitrogens with zero attached hydrogens (tertiary/aromatic N) is 4. The number of likely N-dealkylation sites (tertiary alicyclic amines) is 1. The van der Waals surface area contributed by atoms with Gasteiger partial charge in [-0.25, -0.2) is 9.48 Å². The van der Waals surface area contributed by atoms with Gasteiger partial charge < -0.3 is 0 Å². The van der Waals surface area contributed by atoms with Crippen LogP contribution in [0.1, 0.15) is 53.8 Å². The number of carbonyl (C=O) groups is 1. The fourth-order valence-corrected chi connectivity index (χ4v) is 4.32. The second kappa shape index (κ2) is 7.41. The van der Waals surface area contributed by atoms with E-state index in [4.69, 9.17) is 23.2 Å². The summed E-state index contributed by atoms with van der Waals surface area (Å²) in [6.45, 7) is 1.94. The standard InChI is InChI=1S/C19H22Cl2N4O2/c1-23-19(27)25(14-3-4-14)18(22-23)12-6-8-24(9-7-12)11-17(26)15-5-2-13(20)10-16(15)21/h2,5,10,12,14H,3-4,6-9,11H2,1H3. The molecule has 2 aromatic rings. The molecule has 1 aliphatic heterocycles. The monoisotopic (exact) mass is 408 g/mol. The van der Waals surface area contributed by atoms with E-state index in [-0.39, 0.29) is 17.4 Å². The van der Waals surface area contributed by atoms with E-state index in [9.17, 15) is 9.59 Å². The van der Waals surface area contributed by atoms with Gasteiger partial charge in [-0.15, -0.1) is 0 Å². The highest BCUT2D eigenvalue weighted by atomic mass is 35.5. The van der Waals surface area contributed by atoms with Gasteiger partial charge in [-0.2, -0.15) is 5.10 Å². The van der Waals surface area contributed by atoms with Crippen molar-refractivity contribution in [2.45, 2.75) is 37.6 Å². The Bertz CT molecular complexity index is 924. The van der Waals surface area contributed by atoms with Crippen molar-refractivity contribution in [2.24, 2.45) is 7.05 Å². The smallest absolute Gasteiger partial charge is 0.296 e. The predicted octanol–water partition coefficient (Wildman–Crippen LogP) is 3.29. The van der Waals surface area contributed by atoms with Crippen LogP contribution in [-0.4, -0.2) is 44.7 Å². The molecule has 4 rings (SSSR count). The zero-order valence-corrected chi connectivity index (χ0v) is 16.7. The molecule has 0 N–H and O–H groups in total. The van der Waals surface area contributed by atoms with Gasteiger partial charge in [-0.1, -0.05) is 23.2 Å². The van der Waals surface area contributed by atoms with E-state index in [1.54, 1.807) is 25.2 Å². The average Bonchev–Trinajstić information content (AvgIpc) is 3.42. The van der Waals surface area contributed by atoms with E-state index < -0.39 is 0 Å². The van der Waals surface area contributed by atoms with E-state index in [2.05, 4.69) is 10.00 Å². The summed E-state index contributed by atoms with van der Waals surface area (Å²) in [7, 11) is 1.72. The van der Waals surface area contributed by atoms with Crippen LogP contribution in [0.25, 0.3) is 0 Å². The molecule has 1 aliphatic carbocycles. The minimum absolute atomic E-state index is 0.00263. The molecule has 8 heteroatoms. The van der Waals surface area contributed by atoms with Crippen molar-refractivity contribution >= 4 is 29.0 Å². The van der Waals surface area contributed by atoms with Crippen LogP contribution >= 0.6 is 23.2 Å². The molecule has 0 bridgehead atoms. The minimum Gasteiger partial charge on any atom is -0.296 e. The van der Waals surface area contributed by atoms with Crippen LogP contribution in [0.2, 0.25) is 10.0 Å². The van der Waals surface area contributed by atoms with Crippen LogP contribution in [0, 0.1) is 0 Å². The topological polar surface area (TPSA) is 60.1 Å². The number of piperidine rings is 1. The van der Waals surface area contributed by atoms with Crippen LogP contribution in [0.4, 0.5) is 0 Å². The molecule has 2 fully saturated rings. The molecule has 0 radical (unpaired) electrons. The Morgan fingerprint density at radius 2 is 1.89 bits per heavy atom. The molecule has 2 aliphatic rings. The molecular formula is C19H22Cl2N4O2. The molecule has 2 heterocycles. The Balaban J connectivity index is 1.40. The number of benzene rings is 1. The highest BCUT2D eigenvalue weighted by Gasteiger charge is 2.33. The van der Waals surface area contributed by atoms with Crippen LogP contribution in [-0.2, 0) is 7.05 Å². The number of carbonyl (C=O) groups excluding carboxylic acids is 1. The SMILES string of the molecule is Cn1nc(C2CCN(CC(=O)c3ccc(Cl)cc3Cl)CC2)n(C2CC2)c1=O. The summed E-state index contributed by atoms with van der Waals surface area (Å²) in [5, 5.41) is 5.42. The van der Waals surface area contributed by atoms with Gasteiger partial charge in [0.05, 0.1) is 11.6 Å². The third kappa shape index (κ3) is 3.84. The van der Waals surface area contributed by atoms with Gasteiger partial charge in [0, 0.05) is 29.6 Å². The van der Waals surface area contributed by atoms with Crippen LogP contribution in [0.5, 0.6) is 0 Å². The van der Waals surface area contributed by atoms with Gasteiger partial charge in [-0.05, 0) is 57.0 Å². The number of aryl methyl sites for hydroxylation is 1. The molecule has 1 aromatic carbocycles. The van der Waals surface area contributed by atoms with Gasteiger partial charge >= 0.3 is 5.69 Å². The van der Waals surface area contributed by atoms with Gasteiger partial charge in [0.1, 0.15) is 5.82 Å². The normalized spacial score (nSPS) is 18.8. The van der Waals surface area contributed by atoms with Crippen molar-refractivity contribution in [2.75, 3.05) is 19.6 Å². The number of aromatic nitrogens is 3. The molecule has 1 aromatic heterocycles. The highest BCUT2D eigenvalue weighted by molar-refractivity contribution is 6.36. The summed E-state index contributed by atoms with van der Waals surface area (Å²) in [6, 6.07) is 5.29. The summed E-state index contributed by atoms with van der Waals surface area (Å²) in [4.78, 5) is 27.0. The number of ketones is 1. The summed E-state index contributed by atoms with van der Waals surface area (Å²) < 4.78 is 3.34. The van der Waals surface area contributed by atoms with Crippen molar-refractivity contribution in [3.8, 4) is 0 Å². The van der Waals surface area contributed by atoms with E-state index in [1.807, 2.05) is 4.57 Å². The maximum atomic E-state index is 12.6. The summed E-state index contributed by atoms with van der Waals surface area (Å²) in [5.74, 6) is 1.18. The van der Waals surface area contributed by atoms with Crippen LogP contribution < -0.4 is 5.69 Å². The summed E-state index contributed by atoms with van der Waals surface area (Å²) in [6.07, 6.45) is 3.91. The summed E-state index contributed by atoms with van der Waals surface area (Å²) in [5.41, 5.74) is 0.498. The van der Waals surface area contributed by atoms with E-state index in [1.165, 1.54) is 4.68 Å². The lowest BCUT2D eigenvalue weighted by atomic mass is 9.95. The van der Waals surface area contributed by atoms with E-state index >= 15 is 0 Å². The van der Waals surface area contributed by atoms with Crippen molar-refractivity contribution in [1.29, 1.82) is 0 Å². The Kier molecular flexibility index (Phi) is 5.14. The van der Waals surface area contributed by atoms with Crippen molar-refractivity contribution in [1.82, 2.24) is 19.2 Å². The quantitative estimate of drug-likeness (QED) is 0.712. The molecule has 6 nitrogen and oxygen atoms in total. The van der Waals surface area contributed by atoms with Gasteiger partial charge in [0.15, 0.2) is 5.78 Å². The lowest BCUT2D eigenvalue weighted by molar-refractivity contribution is 0.0908. The Morgan fingerprint density at radius 1 is 1.19 bits per heavy atom. The fraction of sp³-hybridized carbons (Fsp3) is 0.526. The lowest BCUT2D eigenvalue weighted by Crippen LogP contribution is -2.37. The van der Waals surface area contributed by atoms with Crippen LogP contribution in [0.3, 0.4) is 0 Å². The van der Waals surface area contributed by atoms with Gasteiger partial charge in [0.25, 0.3) is 0 Å². The fourth-order valence-electron chi connectivity index (χ4n) is 3.81. The van der Waals surface area contributed by atoms with E-state index in [0.717, 1.165) is 44.6 Å². The molecule has 144 valence electrons. The van der Waals surface area contributed by atoms with Crippen molar-refractivity contribution < 1.29 is 4.79 Å². The largest absolute Gasteiger partial charge is 0.345 e. The Hall–Kier alpha value is -1.63. The highest BCUT2D eigenvalue weighted by Crippen LogP contribution is 2.37. The molecule has 0 amide bonds. The molecule has 27 heavy (non-hydrogen) atoms. The average molecular weight is 409 g/mol. The Labute approximate surface area is 167 Å². The lowest BCUT2D eigenvalue weighted by Gasteiger charge is -2.31. The maximum absolute atomic E-state index is 12.6. The van der Waals surface area contributed by atoms with Crippen molar-refractivity contribution in [3.63, 3.8) is 0 Å². The third-order valence-electron chi connectivity index (χ3n) is 5.45. The first-order valence-electron chi connectivity index (χ1n) is 9.30. The van der Waals surface area contributed by atoms with Crippen LogP contribution in [0.15, 0.2) is 23.0 Å². The molecule has 0 spiro atoms. The first-order chi connectivity index (χ1) is 12.9. The first kappa shape index (κ1) is 18.7. The number of hydrogen-bond acceptors (Lipinski definition) is 4. The van der Waals surface area contributed by atoms with Crippen molar-refractivity contribution in [3.05, 3.63) is 50.1 Å². The third-order valence-corrected chi connectivity index (χ3v) is 5.99. The molecular weight excluding hydrogens is 387 g/mol. The predicted molar refractivity (Wildman–Crippen MR) is 105 cm³/mol. The van der Waals surface area contributed by atoms with Gasteiger partial charge in [0.2, 0.25) is 0 Å². The molecule has 1 saturated carbocycles. The molecule has 0 atom stereocenters. The second-order valence-corrected chi connectivity index (χ2v) is 8.31. The number of halogens is 2. The minimum atomic E-state index is -0.0116.